The summed E-state index contributed by atoms with van der Waals surface area (Å²) in [4.78, 5) is 2.62. The van der Waals surface area contributed by atoms with E-state index in [0.29, 0.717) is 5.41 Å². The zero-order valence-corrected chi connectivity index (χ0v) is 13.7. The van der Waals surface area contributed by atoms with E-state index >= 15 is 0 Å². The molecule has 0 saturated carbocycles. The van der Waals surface area contributed by atoms with E-state index in [-0.39, 0.29) is 0 Å². The van der Waals surface area contributed by atoms with Crippen LogP contribution in [0, 0.1) is 11.3 Å². The average molecular weight is 256 g/mol. The molecule has 0 aliphatic rings. The molecule has 0 aromatic carbocycles. The van der Waals surface area contributed by atoms with Crippen LogP contribution < -0.4 is 5.32 Å². The molecule has 2 heteroatoms. The molecule has 0 aliphatic heterocycles. The van der Waals surface area contributed by atoms with E-state index in [9.17, 15) is 0 Å². The molecule has 0 aromatic rings. The van der Waals surface area contributed by atoms with E-state index in [1.54, 1.807) is 0 Å². The van der Waals surface area contributed by atoms with Crippen molar-refractivity contribution in [2.45, 2.75) is 60.8 Å². The molecule has 0 amide bonds. The molecule has 1 atom stereocenters. The molecule has 0 aromatic heterocycles. The summed E-state index contributed by atoms with van der Waals surface area (Å²) in [6, 6.07) is 0. The second-order valence-corrected chi connectivity index (χ2v) is 6.46. The highest BCUT2D eigenvalue weighted by molar-refractivity contribution is 4.80. The van der Waals surface area contributed by atoms with Gasteiger partial charge in [0.2, 0.25) is 0 Å². The maximum atomic E-state index is 3.62. The van der Waals surface area contributed by atoms with Gasteiger partial charge in [0.1, 0.15) is 0 Å². The molecule has 0 rings (SSSR count). The van der Waals surface area contributed by atoms with Gasteiger partial charge in [-0.15, -0.1) is 0 Å². The predicted octanol–water partition coefficient (Wildman–Crippen LogP) is 3.77. The summed E-state index contributed by atoms with van der Waals surface area (Å²) in [6.07, 6.45) is 3.83. The van der Waals surface area contributed by atoms with Gasteiger partial charge in [-0.05, 0) is 37.3 Å². The van der Waals surface area contributed by atoms with Gasteiger partial charge < -0.3 is 10.2 Å². The fraction of sp³-hybridized carbons (Fsp3) is 1.00. The Morgan fingerprint density at radius 2 is 1.78 bits per heavy atom. The molecule has 0 bridgehead atoms. The van der Waals surface area contributed by atoms with Crippen LogP contribution in [-0.2, 0) is 0 Å². The van der Waals surface area contributed by atoms with Gasteiger partial charge in [0.15, 0.2) is 0 Å². The van der Waals surface area contributed by atoms with E-state index in [1.807, 2.05) is 0 Å². The number of nitrogens with zero attached hydrogens (tertiary/aromatic N) is 1. The monoisotopic (exact) mass is 256 g/mol. The van der Waals surface area contributed by atoms with Crippen LogP contribution in [0.2, 0.25) is 0 Å². The Bertz CT molecular complexity index is 192. The summed E-state index contributed by atoms with van der Waals surface area (Å²) in [7, 11) is 0. The zero-order chi connectivity index (χ0) is 14.0. The van der Waals surface area contributed by atoms with Gasteiger partial charge in [-0.1, -0.05) is 48.0 Å². The lowest BCUT2D eigenvalue weighted by molar-refractivity contribution is 0.143. The summed E-state index contributed by atoms with van der Waals surface area (Å²) in [5.74, 6) is 0.763. The summed E-state index contributed by atoms with van der Waals surface area (Å²) >= 11 is 0. The maximum absolute atomic E-state index is 3.62. The molecule has 0 fully saturated rings. The number of hydrogen-bond donors (Lipinski definition) is 1. The third kappa shape index (κ3) is 8.10. The van der Waals surface area contributed by atoms with Gasteiger partial charge in [0.25, 0.3) is 0 Å². The summed E-state index contributed by atoms with van der Waals surface area (Å²) in [5, 5.41) is 3.62. The zero-order valence-electron chi connectivity index (χ0n) is 13.7. The third-order valence-corrected chi connectivity index (χ3v) is 3.51. The van der Waals surface area contributed by atoms with Crippen LogP contribution in [0.3, 0.4) is 0 Å². The fourth-order valence-electron chi connectivity index (χ4n) is 2.76. The van der Waals surface area contributed by atoms with Gasteiger partial charge in [-0.2, -0.15) is 0 Å². The van der Waals surface area contributed by atoms with Crippen LogP contribution in [-0.4, -0.2) is 37.6 Å². The first-order valence-corrected chi connectivity index (χ1v) is 7.90. The molecule has 0 spiro atoms. The van der Waals surface area contributed by atoms with Crippen LogP contribution in [0.5, 0.6) is 0 Å². The molecule has 110 valence electrons. The molecule has 0 heterocycles. The van der Waals surface area contributed by atoms with E-state index in [1.165, 1.54) is 38.9 Å². The van der Waals surface area contributed by atoms with E-state index in [2.05, 4.69) is 51.8 Å². The largest absolute Gasteiger partial charge is 0.316 e. The second-order valence-electron chi connectivity index (χ2n) is 6.46. The number of rotatable bonds is 11. The summed E-state index contributed by atoms with van der Waals surface area (Å²) in [5.41, 5.74) is 0.425. The first-order chi connectivity index (χ1) is 8.47. The smallest absolute Gasteiger partial charge is 0.00475 e. The van der Waals surface area contributed by atoms with Crippen molar-refractivity contribution in [1.82, 2.24) is 10.2 Å². The van der Waals surface area contributed by atoms with Crippen molar-refractivity contribution in [2.75, 3.05) is 32.7 Å². The van der Waals surface area contributed by atoms with Gasteiger partial charge in [-0.3, -0.25) is 0 Å². The van der Waals surface area contributed by atoms with Gasteiger partial charge >= 0.3 is 0 Å². The lowest BCUT2D eigenvalue weighted by Gasteiger charge is -2.36. The molecule has 2 nitrogen and oxygen atoms in total. The highest BCUT2D eigenvalue weighted by Gasteiger charge is 2.25. The summed E-state index contributed by atoms with van der Waals surface area (Å²) in [6.45, 7) is 19.8. The molecule has 18 heavy (non-hydrogen) atoms. The molecule has 1 unspecified atom stereocenters. The van der Waals surface area contributed by atoms with Crippen LogP contribution >= 0.6 is 0 Å². The molecule has 0 radical (unpaired) electrons. The Kier molecular flexibility index (Phi) is 9.76. The molecule has 0 aliphatic carbocycles. The second kappa shape index (κ2) is 9.80. The van der Waals surface area contributed by atoms with E-state index in [4.69, 9.17) is 0 Å². The first-order valence-electron chi connectivity index (χ1n) is 7.90. The Morgan fingerprint density at radius 1 is 1.11 bits per heavy atom. The highest BCUT2D eigenvalue weighted by atomic mass is 15.1. The quantitative estimate of drug-likeness (QED) is 0.566. The van der Waals surface area contributed by atoms with Crippen LogP contribution in [0.4, 0.5) is 0 Å². The minimum atomic E-state index is 0.425. The standard InChI is InChI=1S/C16H36N2/c1-7-10-16(6,13-17-11-8-2)14-18(9-3)12-15(4)5/h15,17H,7-14H2,1-6H3. The lowest BCUT2D eigenvalue weighted by atomic mass is 9.84. The van der Waals surface area contributed by atoms with E-state index in [0.717, 1.165) is 19.0 Å². The van der Waals surface area contributed by atoms with Crippen molar-refractivity contribution in [1.29, 1.82) is 0 Å². The Morgan fingerprint density at radius 3 is 2.22 bits per heavy atom. The molecule has 1 N–H and O–H groups in total. The predicted molar refractivity (Wildman–Crippen MR) is 83.1 cm³/mol. The van der Waals surface area contributed by atoms with E-state index < -0.39 is 0 Å². The first kappa shape index (κ1) is 17.9. The summed E-state index contributed by atoms with van der Waals surface area (Å²) < 4.78 is 0. The normalized spacial score (nSPS) is 15.3. The van der Waals surface area contributed by atoms with Gasteiger partial charge in [-0.25, -0.2) is 0 Å². The van der Waals surface area contributed by atoms with Crippen LogP contribution in [0.1, 0.15) is 60.8 Å². The third-order valence-electron chi connectivity index (χ3n) is 3.51. The van der Waals surface area contributed by atoms with Crippen molar-refractivity contribution in [3.63, 3.8) is 0 Å². The number of hydrogen-bond acceptors (Lipinski definition) is 2. The number of nitrogens with one attached hydrogen (secondary N) is 1. The van der Waals surface area contributed by atoms with Crippen molar-refractivity contribution < 1.29 is 0 Å². The lowest BCUT2D eigenvalue weighted by Crippen LogP contribution is -2.43. The Hall–Kier alpha value is -0.0800. The maximum Gasteiger partial charge on any atom is 0.00475 e. The van der Waals surface area contributed by atoms with Crippen LogP contribution in [0.15, 0.2) is 0 Å². The van der Waals surface area contributed by atoms with Gasteiger partial charge in [0.05, 0.1) is 0 Å². The Labute approximate surface area is 116 Å². The van der Waals surface area contributed by atoms with Crippen molar-refractivity contribution in [2.24, 2.45) is 11.3 Å². The molecular weight excluding hydrogens is 220 g/mol. The van der Waals surface area contributed by atoms with Crippen LogP contribution in [0.25, 0.3) is 0 Å². The fourth-order valence-corrected chi connectivity index (χ4v) is 2.76. The minimum absolute atomic E-state index is 0.425. The van der Waals surface area contributed by atoms with Crippen molar-refractivity contribution in [3.8, 4) is 0 Å². The highest BCUT2D eigenvalue weighted by Crippen LogP contribution is 2.24. The van der Waals surface area contributed by atoms with Crippen molar-refractivity contribution >= 4 is 0 Å². The molecular formula is C16H36N2. The SMILES string of the molecule is CCCNCC(C)(CCC)CN(CC)CC(C)C. The topological polar surface area (TPSA) is 15.3 Å². The van der Waals surface area contributed by atoms with Crippen molar-refractivity contribution in [3.05, 3.63) is 0 Å². The minimum Gasteiger partial charge on any atom is -0.316 e. The molecule has 0 saturated heterocycles. The van der Waals surface area contributed by atoms with Gasteiger partial charge in [0, 0.05) is 19.6 Å². The average Bonchev–Trinajstić information content (AvgIpc) is 2.28. The Balaban J connectivity index is 4.35.